The molecule has 0 atom stereocenters. The van der Waals surface area contributed by atoms with Crippen molar-refractivity contribution in [3.63, 3.8) is 0 Å². The topological polar surface area (TPSA) is 129 Å². The lowest BCUT2D eigenvalue weighted by molar-refractivity contribution is -0.274. The fraction of sp³-hybridized carbons (Fsp3) is 0.111. The highest BCUT2D eigenvalue weighted by Crippen LogP contribution is 2.35. The molecule has 5 aromatic rings. The molecule has 2 aromatic heterocycles. The third-order valence-corrected chi connectivity index (χ3v) is 7.24. The zero-order valence-corrected chi connectivity index (χ0v) is 22.2. The lowest BCUT2D eigenvalue weighted by Gasteiger charge is -2.15. The number of ether oxygens (including phenoxy) is 1. The van der Waals surface area contributed by atoms with Crippen LogP contribution in [0.3, 0.4) is 0 Å². The van der Waals surface area contributed by atoms with Crippen LogP contribution in [0.4, 0.5) is 13.2 Å². The van der Waals surface area contributed by atoms with Gasteiger partial charge in [-0.15, -0.1) is 18.3 Å². The molecule has 3 aromatic carbocycles. The standard InChI is InChI=1S/C27H20F3N5O5S/c1-34-23(14-22(32-34)26(36)37)21-11-8-18(17-4-3-5-20(12-17)41(2,38)39)13-24(21)35-25(15-31-33-35)16-6-9-19(10-7-16)40-27(28,29)30/h3-15H,1-2H3,(H,36,37). The number of carbonyl (C=O) groups is 1. The second kappa shape index (κ2) is 10.2. The van der Waals surface area contributed by atoms with Crippen LogP contribution >= 0.6 is 0 Å². The van der Waals surface area contributed by atoms with E-state index < -0.39 is 27.9 Å². The second-order valence-corrected chi connectivity index (χ2v) is 11.0. The maximum Gasteiger partial charge on any atom is 0.573 e. The SMILES string of the molecule is Cn1nc(C(=O)O)cc1-c1ccc(-c2cccc(S(C)(=O)=O)c2)cc1-n1nncc1-c1ccc(OC(F)(F)F)cc1. The highest BCUT2D eigenvalue weighted by atomic mass is 32.2. The van der Waals surface area contributed by atoms with E-state index in [1.165, 1.54) is 45.9 Å². The number of carboxylic acids is 1. The van der Waals surface area contributed by atoms with Crippen LogP contribution in [0.2, 0.25) is 0 Å². The van der Waals surface area contributed by atoms with Crippen LogP contribution < -0.4 is 4.74 Å². The molecule has 0 radical (unpaired) electrons. The molecule has 41 heavy (non-hydrogen) atoms. The van der Waals surface area contributed by atoms with Crippen molar-refractivity contribution in [2.75, 3.05) is 6.26 Å². The minimum atomic E-state index is -4.84. The molecule has 0 aliphatic carbocycles. The first kappa shape index (κ1) is 27.6. The summed E-state index contributed by atoms with van der Waals surface area (Å²) in [5.41, 5.74) is 3.28. The van der Waals surface area contributed by atoms with Crippen molar-refractivity contribution >= 4 is 15.8 Å². The van der Waals surface area contributed by atoms with Gasteiger partial charge < -0.3 is 9.84 Å². The summed E-state index contributed by atoms with van der Waals surface area (Å²) in [6.45, 7) is 0. The average molecular weight is 584 g/mol. The van der Waals surface area contributed by atoms with Gasteiger partial charge >= 0.3 is 12.3 Å². The number of rotatable bonds is 7. The Balaban J connectivity index is 1.68. The summed E-state index contributed by atoms with van der Waals surface area (Å²) in [5.74, 6) is -1.62. The molecule has 210 valence electrons. The lowest BCUT2D eigenvalue weighted by atomic mass is 10.00. The first-order chi connectivity index (χ1) is 19.3. The molecule has 0 fully saturated rings. The number of alkyl halides is 3. The average Bonchev–Trinajstić information content (AvgIpc) is 3.55. The van der Waals surface area contributed by atoms with Gasteiger partial charge in [0.25, 0.3) is 0 Å². The fourth-order valence-electron chi connectivity index (χ4n) is 4.27. The maximum absolute atomic E-state index is 12.6. The number of sulfone groups is 1. The number of hydrogen-bond donors (Lipinski definition) is 1. The van der Waals surface area contributed by atoms with Gasteiger partial charge in [-0.05, 0) is 59.7 Å². The Hall–Kier alpha value is -4.98. The van der Waals surface area contributed by atoms with Gasteiger partial charge in [0.1, 0.15) is 5.75 Å². The van der Waals surface area contributed by atoms with Crippen LogP contribution in [0, 0.1) is 0 Å². The Labute approximate surface area is 231 Å². The zero-order chi connectivity index (χ0) is 29.5. The van der Waals surface area contributed by atoms with E-state index in [1.54, 1.807) is 37.4 Å². The quantitative estimate of drug-likeness (QED) is 0.283. The number of hydrogen-bond acceptors (Lipinski definition) is 7. The van der Waals surface area contributed by atoms with Crippen LogP contribution in [-0.4, -0.2) is 56.9 Å². The van der Waals surface area contributed by atoms with Crippen molar-refractivity contribution < 1.29 is 36.2 Å². The minimum Gasteiger partial charge on any atom is -0.476 e. The van der Waals surface area contributed by atoms with Gasteiger partial charge in [0.05, 0.1) is 28.2 Å². The first-order valence-electron chi connectivity index (χ1n) is 11.8. The van der Waals surface area contributed by atoms with Crippen LogP contribution in [0.1, 0.15) is 10.5 Å². The summed E-state index contributed by atoms with van der Waals surface area (Å²) in [5, 5.41) is 21.7. The first-order valence-corrected chi connectivity index (χ1v) is 13.7. The molecule has 5 rings (SSSR count). The predicted molar refractivity (Wildman–Crippen MR) is 141 cm³/mol. The Morgan fingerprint density at radius 1 is 0.927 bits per heavy atom. The Morgan fingerprint density at radius 2 is 1.61 bits per heavy atom. The fourth-order valence-corrected chi connectivity index (χ4v) is 4.94. The number of nitrogens with zero attached hydrogens (tertiary/aromatic N) is 5. The van der Waals surface area contributed by atoms with E-state index in [9.17, 15) is 31.5 Å². The van der Waals surface area contributed by atoms with Crippen LogP contribution in [0.5, 0.6) is 5.75 Å². The monoisotopic (exact) mass is 583 g/mol. The van der Waals surface area contributed by atoms with Gasteiger partial charge in [-0.25, -0.2) is 17.9 Å². The van der Waals surface area contributed by atoms with Gasteiger partial charge in [0.15, 0.2) is 15.5 Å². The van der Waals surface area contributed by atoms with E-state index in [-0.39, 0.29) is 10.6 Å². The van der Waals surface area contributed by atoms with Crippen molar-refractivity contribution in [2.24, 2.45) is 7.05 Å². The van der Waals surface area contributed by atoms with E-state index in [4.69, 9.17) is 0 Å². The molecule has 0 spiro atoms. The second-order valence-electron chi connectivity index (χ2n) is 8.98. The van der Waals surface area contributed by atoms with Crippen molar-refractivity contribution in [1.82, 2.24) is 24.8 Å². The summed E-state index contributed by atoms with van der Waals surface area (Å²) in [7, 11) is -1.90. The van der Waals surface area contributed by atoms with Gasteiger partial charge in [-0.2, -0.15) is 5.10 Å². The molecule has 10 nitrogen and oxygen atoms in total. The molecule has 0 aliphatic rings. The Bertz CT molecular complexity index is 1880. The molecule has 1 N–H and O–H groups in total. The molecule has 0 saturated heterocycles. The zero-order valence-electron chi connectivity index (χ0n) is 21.4. The maximum atomic E-state index is 12.6. The summed E-state index contributed by atoms with van der Waals surface area (Å²) < 4.78 is 69.0. The smallest absolute Gasteiger partial charge is 0.476 e. The number of carboxylic acid groups (broad SMARTS) is 1. The van der Waals surface area contributed by atoms with Crippen molar-refractivity contribution in [2.45, 2.75) is 11.3 Å². The lowest BCUT2D eigenvalue weighted by Crippen LogP contribution is -2.16. The van der Waals surface area contributed by atoms with E-state index in [0.717, 1.165) is 18.4 Å². The minimum absolute atomic E-state index is 0.126. The Kier molecular flexibility index (Phi) is 6.87. The van der Waals surface area contributed by atoms with Gasteiger partial charge in [0.2, 0.25) is 0 Å². The van der Waals surface area contributed by atoms with Gasteiger partial charge in [0, 0.05) is 24.4 Å². The summed E-state index contributed by atoms with van der Waals surface area (Å²) in [6.07, 6.45) is -2.31. The molecular formula is C27H20F3N5O5S. The molecule has 0 saturated carbocycles. The van der Waals surface area contributed by atoms with Crippen LogP contribution in [-0.2, 0) is 16.9 Å². The number of aromatic nitrogens is 5. The van der Waals surface area contributed by atoms with Gasteiger partial charge in [-0.3, -0.25) is 4.68 Å². The normalized spacial score (nSPS) is 11.9. The molecule has 0 bridgehead atoms. The highest BCUT2D eigenvalue weighted by Gasteiger charge is 2.31. The third-order valence-electron chi connectivity index (χ3n) is 6.13. The summed E-state index contributed by atoms with van der Waals surface area (Å²) in [6, 6.07) is 18.1. The van der Waals surface area contributed by atoms with E-state index >= 15 is 0 Å². The molecular weight excluding hydrogens is 563 g/mol. The number of aromatic carboxylic acids is 1. The number of aryl methyl sites for hydroxylation is 1. The number of benzene rings is 3. The highest BCUT2D eigenvalue weighted by molar-refractivity contribution is 7.90. The summed E-state index contributed by atoms with van der Waals surface area (Å²) in [4.78, 5) is 11.7. The van der Waals surface area contributed by atoms with Crippen molar-refractivity contribution in [3.8, 4) is 45.1 Å². The van der Waals surface area contributed by atoms with Crippen LogP contribution in [0.25, 0.3) is 39.3 Å². The summed E-state index contributed by atoms with van der Waals surface area (Å²) >= 11 is 0. The van der Waals surface area contributed by atoms with E-state index in [1.807, 2.05) is 0 Å². The molecule has 0 aliphatic heterocycles. The Morgan fingerprint density at radius 3 is 2.24 bits per heavy atom. The molecule has 0 unspecified atom stereocenters. The van der Waals surface area contributed by atoms with Crippen molar-refractivity contribution in [3.05, 3.63) is 84.7 Å². The predicted octanol–water partition coefficient (Wildman–Crippen LogP) is 5.00. The van der Waals surface area contributed by atoms with Crippen LogP contribution in [0.15, 0.2) is 83.9 Å². The van der Waals surface area contributed by atoms with E-state index in [0.29, 0.717) is 39.3 Å². The molecule has 2 heterocycles. The largest absolute Gasteiger partial charge is 0.573 e. The van der Waals surface area contributed by atoms with Crippen molar-refractivity contribution in [1.29, 1.82) is 0 Å². The third kappa shape index (κ3) is 5.82. The number of halogens is 3. The molecule has 14 heteroatoms. The molecule has 0 amide bonds. The van der Waals surface area contributed by atoms with E-state index in [2.05, 4.69) is 20.1 Å². The van der Waals surface area contributed by atoms with Gasteiger partial charge in [-0.1, -0.05) is 29.5 Å².